The minimum atomic E-state index is 0.527. The molecule has 0 saturated carbocycles. The van der Waals surface area contributed by atoms with E-state index in [1.807, 2.05) is 18.6 Å². The summed E-state index contributed by atoms with van der Waals surface area (Å²) in [6.07, 6.45) is 5.48. The van der Waals surface area contributed by atoms with Crippen LogP contribution in [0.1, 0.15) is 11.1 Å². The Morgan fingerprint density at radius 2 is 1.95 bits per heavy atom. The molecule has 20 heavy (non-hydrogen) atoms. The van der Waals surface area contributed by atoms with Gasteiger partial charge in [-0.15, -0.1) is 0 Å². The van der Waals surface area contributed by atoms with Gasteiger partial charge in [0.15, 0.2) is 0 Å². The zero-order valence-corrected chi connectivity index (χ0v) is 11.3. The van der Waals surface area contributed by atoms with Crippen molar-refractivity contribution in [2.75, 3.05) is 5.73 Å². The maximum Gasteiger partial charge on any atom is 0.123 e. The predicted molar refractivity (Wildman–Crippen MR) is 80.2 cm³/mol. The van der Waals surface area contributed by atoms with E-state index in [0.717, 1.165) is 17.8 Å². The van der Waals surface area contributed by atoms with Crippen molar-refractivity contribution < 1.29 is 0 Å². The van der Waals surface area contributed by atoms with Gasteiger partial charge in [0.1, 0.15) is 5.82 Å². The number of nitrogens with two attached hydrogens (primary N) is 1. The van der Waals surface area contributed by atoms with Crippen molar-refractivity contribution in [3.63, 3.8) is 0 Å². The number of anilines is 1. The fraction of sp³-hybridized carbons (Fsp3) is 0.125. The Hall–Kier alpha value is -2.62. The molecule has 2 aromatic heterocycles. The average molecular weight is 264 g/mol. The number of pyridine rings is 1. The zero-order valence-electron chi connectivity index (χ0n) is 11.3. The van der Waals surface area contributed by atoms with Crippen molar-refractivity contribution in [1.82, 2.24) is 14.5 Å². The Balaban J connectivity index is 1.95. The van der Waals surface area contributed by atoms with Crippen LogP contribution in [-0.2, 0) is 6.54 Å². The highest BCUT2D eigenvalue weighted by molar-refractivity contribution is 5.59. The predicted octanol–water partition coefficient (Wildman–Crippen LogP) is 2.88. The van der Waals surface area contributed by atoms with E-state index in [4.69, 9.17) is 5.73 Å². The topological polar surface area (TPSA) is 56.7 Å². The monoisotopic (exact) mass is 264 g/mol. The van der Waals surface area contributed by atoms with Gasteiger partial charge in [0, 0.05) is 18.3 Å². The molecule has 1 aromatic carbocycles. The van der Waals surface area contributed by atoms with Crippen LogP contribution in [0.2, 0.25) is 0 Å². The van der Waals surface area contributed by atoms with Crippen molar-refractivity contribution in [3.8, 4) is 11.3 Å². The van der Waals surface area contributed by atoms with Gasteiger partial charge in [-0.2, -0.15) is 0 Å². The SMILES string of the molecule is Cc1ccccc1Cn1cncc1-c1ccc(N)nc1. The standard InChI is InChI=1S/C16H16N4/c1-12-4-2-3-5-14(12)10-20-11-18-9-15(20)13-6-7-16(17)19-8-13/h2-9,11H,10H2,1H3,(H2,17,19). The van der Waals surface area contributed by atoms with E-state index < -0.39 is 0 Å². The van der Waals surface area contributed by atoms with Crippen LogP contribution in [0.15, 0.2) is 55.1 Å². The van der Waals surface area contributed by atoms with E-state index in [1.54, 1.807) is 12.3 Å². The molecule has 0 aliphatic heterocycles. The molecule has 0 atom stereocenters. The Morgan fingerprint density at radius 1 is 1.10 bits per heavy atom. The van der Waals surface area contributed by atoms with Crippen LogP contribution in [0.5, 0.6) is 0 Å². The molecule has 0 fully saturated rings. The van der Waals surface area contributed by atoms with Crippen LogP contribution in [0, 0.1) is 6.92 Å². The molecule has 0 aliphatic rings. The quantitative estimate of drug-likeness (QED) is 0.791. The van der Waals surface area contributed by atoms with Gasteiger partial charge in [-0.05, 0) is 30.2 Å². The number of aryl methyl sites for hydroxylation is 1. The number of benzene rings is 1. The summed E-state index contributed by atoms with van der Waals surface area (Å²) in [4.78, 5) is 8.39. The molecule has 2 N–H and O–H groups in total. The van der Waals surface area contributed by atoms with Crippen LogP contribution < -0.4 is 5.73 Å². The maximum atomic E-state index is 5.63. The summed E-state index contributed by atoms with van der Waals surface area (Å²) in [7, 11) is 0. The number of nitrogen functional groups attached to an aromatic ring is 1. The van der Waals surface area contributed by atoms with Crippen LogP contribution >= 0.6 is 0 Å². The summed E-state index contributed by atoms with van der Waals surface area (Å²) in [6, 6.07) is 12.1. The highest BCUT2D eigenvalue weighted by atomic mass is 15.0. The molecule has 3 rings (SSSR count). The highest BCUT2D eigenvalue weighted by Crippen LogP contribution is 2.20. The number of imidazole rings is 1. The average Bonchev–Trinajstić information content (AvgIpc) is 2.90. The third-order valence-corrected chi connectivity index (χ3v) is 3.40. The van der Waals surface area contributed by atoms with Gasteiger partial charge in [0.2, 0.25) is 0 Å². The zero-order chi connectivity index (χ0) is 13.9. The minimum absolute atomic E-state index is 0.527. The largest absolute Gasteiger partial charge is 0.384 e. The minimum Gasteiger partial charge on any atom is -0.384 e. The Kier molecular flexibility index (Phi) is 3.21. The molecular weight excluding hydrogens is 248 g/mol. The summed E-state index contributed by atoms with van der Waals surface area (Å²) in [6.45, 7) is 2.92. The van der Waals surface area contributed by atoms with Crippen molar-refractivity contribution in [1.29, 1.82) is 0 Å². The lowest BCUT2D eigenvalue weighted by atomic mass is 10.1. The Labute approximate surface area is 117 Å². The Bertz CT molecular complexity index is 713. The van der Waals surface area contributed by atoms with Crippen LogP contribution in [0.25, 0.3) is 11.3 Å². The van der Waals surface area contributed by atoms with Crippen molar-refractivity contribution >= 4 is 5.82 Å². The molecule has 0 aliphatic carbocycles. The van der Waals surface area contributed by atoms with Gasteiger partial charge in [0.05, 0.1) is 18.2 Å². The Morgan fingerprint density at radius 3 is 2.70 bits per heavy atom. The molecule has 0 spiro atoms. The number of rotatable bonds is 3. The molecular formula is C16H16N4. The fourth-order valence-corrected chi connectivity index (χ4v) is 2.21. The molecule has 2 heterocycles. The number of hydrogen-bond acceptors (Lipinski definition) is 3. The second-order valence-electron chi connectivity index (χ2n) is 4.81. The van der Waals surface area contributed by atoms with Gasteiger partial charge >= 0.3 is 0 Å². The summed E-state index contributed by atoms with van der Waals surface area (Å²) in [5, 5.41) is 0. The summed E-state index contributed by atoms with van der Waals surface area (Å²) in [5.74, 6) is 0.527. The first-order valence-corrected chi connectivity index (χ1v) is 6.50. The first kappa shape index (κ1) is 12.4. The van der Waals surface area contributed by atoms with Crippen molar-refractivity contribution in [2.24, 2.45) is 0 Å². The molecule has 0 unspecified atom stereocenters. The molecule has 4 heteroatoms. The van der Waals surface area contributed by atoms with Crippen LogP contribution in [0.3, 0.4) is 0 Å². The molecule has 100 valence electrons. The first-order chi connectivity index (χ1) is 9.74. The maximum absolute atomic E-state index is 5.63. The van der Waals surface area contributed by atoms with E-state index >= 15 is 0 Å². The summed E-state index contributed by atoms with van der Waals surface area (Å²) >= 11 is 0. The van der Waals surface area contributed by atoms with E-state index in [1.165, 1.54) is 11.1 Å². The molecule has 0 bridgehead atoms. The lowest BCUT2D eigenvalue weighted by molar-refractivity contribution is 0.799. The van der Waals surface area contributed by atoms with Gasteiger partial charge in [-0.1, -0.05) is 24.3 Å². The van der Waals surface area contributed by atoms with Crippen LogP contribution in [0.4, 0.5) is 5.82 Å². The first-order valence-electron chi connectivity index (χ1n) is 6.50. The molecule has 0 radical (unpaired) electrons. The highest BCUT2D eigenvalue weighted by Gasteiger charge is 2.07. The van der Waals surface area contributed by atoms with E-state index in [0.29, 0.717) is 5.82 Å². The van der Waals surface area contributed by atoms with Crippen molar-refractivity contribution in [2.45, 2.75) is 13.5 Å². The third-order valence-electron chi connectivity index (χ3n) is 3.40. The number of hydrogen-bond donors (Lipinski definition) is 1. The van der Waals surface area contributed by atoms with Gasteiger partial charge < -0.3 is 10.3 Å². The van der Waals surface area contributed by atoms with Crippen LogP contribution in [-0.4, -0.2) is 14.5 Å². The summed E-state index contributed by atoms with van der Waals surface area (Å²) in [5.41, 5.74) is 10.3. The molecule has 4 nitrogen and oxygen atoms in total. The fourth-order valence-electron chi connectivity index (χ4n) is 2.21. The second kappa shape index (κ2) is 5.17. The van der Waals surface area contributed by atoms with E-state index in [9.17, 15) is 0 Å². The van der Waals surface area contributed by atoms with E-state index in [2.05, 4.69) is 45.7 Å². The molecule has 0 amide bonds. The lowest BCUT2D eigenvalue weighted by Crippen LogP contribution is -2.02. The summed E-state index contributed by atoms with van der Waals surface area (Å²) < 4.78 is 2.12. The van der Waals surface area contributed by atoms with Gasteiger partial charge in [0.25, 0.3) is 0 Å². The van der Waals surface area contributed by atoms with Crippen molar-refractivity contribution in [3.05, 3.63) is 66.2 Å². The normalized spacial score (nSPS) is 10.7. The van der Waals surface area contributed by atoms with Gasteiger partial charge in [-0.25, -0.2) is 9.97 Å². The van der Waals surface area contributed by atoms with E-state index in [-0.39, 0.29) is 0 Å². The second-order valence-corrected chi connectivity index (χ2v) is 4.81. The molecule has 0 saturated heterocycles. The van der Waals surface area contributed by atoms with Gasteiger partial charge in [-0.3, -0.25) is 0 Å². The third kappa shape index (κ3) is 2.40. The number of aromatic nitrogens is 3. The molecule has 3 aromatic rings. The lowest BCUT2D eigenvalue weighted by Gasteiger charge is -2.10. The smallest absolute Gasteiger partial charge is 0.123 e. The number of nitrogens with zero attached hydrogens (tertiary/aromatic N) is 3.